The quantitative estimate of drug-likeness (QED) is 0.760. The first-order valence-corrected chi connectivity index (χ1v) is 7.54. The average Bonchev–Trinajstić information content (AvgIpc) is 2.33. The fourth-order valence-electron chi connectivity index (χ4n) is 2.49. The SMILES string of the molecule is CN(C)NC1(CN)CCS(=O)(=O)c2ccccc21. The molecule has 1 aliphatic rings. The summed E-state index contributed by atoms with van der Waals surface area (Å²) in [7, 11) is 0.583. The van der Waals surface area contributed by atoms with E-state index in [0.717, 1.165) is 5.56 Å². The van der Waals surface area contributed by atoms with E-state index in [2.05, 4.69) is 5.43 Å². The molecule has 2 rings (SSSR count). The van der Waals surface area contributed by atoms with Crippen LogP contribution in [0.4, 0.5) is 0 Å². The second kappa shape index (κ2) is 4.62. The van der Waals surface area contributed by atoms with Crippen molar-refractivity contribution in [3.05, 3.63) is 29.8 Å². The molecule has 0 fully saturated rings. The monoisotopic (exact) mass is 269 g/mol. The van der Waals surface area contributed by atoms with Crippen molar-refractivity contribution in [3.63, 3.8) is 0 Å². The van der Waals surface area contributed by atoms with E-state index < -0.39 is 15.4 Å². The van der Waals surface area contributed by atoms with Crippen LogP contribution in [-0.2, 0) is 15.4 Å². The zero-order valence-corrected chi connectivity index (χ0v) is 11.5. The Hall–Kier alpha value is -0.950. The van der Waals surface area contributed by atoms with Gasteiger partial charge in [-0.25, -0.2) is 18.9 Å². The third-order valence-corrected chi connectivity index (χ3v) is 5.09. The predicted molar refractivity (Wildman–Crippen MR) is 70.7 cm³/mol. The van der Waals surface area contributed by atoms with Gasteiger partial charge in [-0.15, -0.1) is 0 Å². The summed E-state index contributed by atoms with van der Waals surface area (Å²) >= 11 is 0. The van der Waals surface area contributed by atoms with E-state index in [1.807, 2.05) is 31.2 Å². The maximum absolute atomic E-state index is 12.1. The van der Waals surface area contributed by atoms with Crippen molar-refractivity contribution in [1.82, 2.24) is 10.4 Å². The van der Waals surface area contributed by atoms with Crippen LogP contribution in [0.2, 0.25) is 0 Å². The van der Waals surface area contributed by atoms with E-state index in [9.17, 15) is 8.42 Å². The first kappa shape index (κ1) is 13.5. The summed E-state index contributed by atoms with van der Waals surface area (Å²) in [5.41, 5.74) is 9.46. The molecule has 1 aromatic rings. The summed E-state index contributed by atoms with van der Waals surface area (Å²) in [5, 5.41) is 1.82. The lowest BCUT2D eigenvalue weighted by molar-refractivity contribution is 0.153. The number of hydrogen-bond donors (Lipinski definition) is 2. The van der Waals surface area contributed by atoms with Crippen LogP contribution in [0, 0.1) is 0 Å². The highest BCUT2D eigenvalue weighted by Gasteiger charge is 2.41. The van der Waals surface area contributed by atoms with E-state index in [1.54, 1.807) is 12.1 Å². The third-order valence-electron chi connectivity index (χ3n) is 3.32. The minimum atomic E-state index is -3.17. The molecule has 0 aliphatic carbocycles. The molecule has 0 bridgehead atoms. The largest absolute Gasteiger partial charge is 0.328 e. The van der Waals surface area contributed by atoms with Gasteiger partial charge in [0.2, 0.25) is 0 Å². The van der Waals surface area contributed by atoms with Gasteiger partial charge in [0.15, 0.2) is 9.84 Å². The van der Waals surface area contributed by atoms with Gasteiger partial charge in [-0.2, -0.15) is 0 Å². The standard InChI is InChI=1S/C12H19N3O2S/c1-15(2)14-12(9-13)7-8-18(16,17)11-6-4-3-5-10(11)12/h3-6,14H,7-9,13H2,1-2H3. The van der Waals surface area contributed by atoms with Crippen LogP contribution in [0.25, 0.3) is 0 Å². The Labute approximate surface area is 108 Å². The number of hydrogen-bond acceptors (Lipinski definition) is 5. The molecular formula is C12H19N3O2S. The molecule has 0 amide bonds. The summed E-state index contributed by atoms with van der Waals surface area (Å²) in [6.07, 6.45) is 0.487. The molecule has 1 atom stereocenters. The number of nitrogens with two attached hydrogens (primary N) is 1. The van der Waals surface area contributed by atoms with E-state index in [0.29, 0.717) is 17.9 Å². The number of benzene rings is 1. The van der Waals surface area contributed by atoms with Gasteiger partial charge in [-0.1, -0.05) is 18.2 Å². The number of nitrogens with zero attached hydrogens (tertiary/aromatic N) is 1. The Kier molecular flexibility index (Phi) is 3.46. The van der Waals surface area contributed by atoms with Crippen LogP contribution >= 0.6 is 0 Å². The Morgan fingerprint density at radius 2 is 2.06 bits per heavy atom. The topological polar surface area (TPSA) is 75.4 Å². The number of rotatable bonds is 3. The number of fused-ring (bicyclic) bond motifs is 1. The average molecular weight is 269 g/mol. The minimum Gasteiger partial charge on any atom is -0.328 e. The summed E-state index contributed by atoms with van der Waals surface area (Å²) < 4.78 is 24.2. The Balaban J connectivity index is 2.59. The van der Waals surface area contributed by atoms with Crippen molar-refractivity contribution in [2.75, 3.05) is 26.4 Å². The smallest absolute Gasteiger partial charge is 0.178 e. The lowest BCUT2D eigenvalue weighted by atomic mass is 9.87. The summed E-state index contributed by atoms with van der Waals surface area (Å²) in [6.45, 7) is 0.359. The maximum atomic E-state index is 12.1. The van der Waals surface area contributed by atoms with Crippen molar-refractivity contribution >= 4 is 9.84 Å². The van der Waals surface area contributed by atoms with Crippen molar-refractivity contribution < 1.29 is 8.42 Å². The molecule has 1 heterocycles. The Morgan fingerprint density at radius 1 is 1.39 bits per heavy atom. The Morgan fingerprint density at radius 3 is 2.67 bits per heavy atom. The van der Waals surface area contributed by atoms with Gasteiger partial charge < -0.3 is 5.73 Å². The van der Waals surface area contributed by atoms with E-state index in [4.69, 9.17) is 5.73 Å². The van der Waals surface area contributed by atoms with Gasteiger partial charge in [0.05, 0.1) is 16.2 Å². The molecule has 0 saturated carbocycles. The van der Waals surface area contributed by atoms with Crippen LogP contribution in [0.1, 0.15) is 12.0 Å². The van der Waals surface area contributed by atoms with Crippen LogP contribution in [-0.4, -0.2) is 39.8 Å². The summed E-state index contributed by atoms with van der Waals surface area (Å²) in [5.74, 6) is 0.127. The van der Waals surface area contributed by atoms with Crippen LogP contribution in [0.5, 0.6) is 0 Å². The molecule has 3 N–H and O–H groups in total. The van der Waals surface area contributed by atoms with E-state index in [1.165, 1.54) is 0 Å². The Bertz CT molecular complexity index is 542. The summed E-state index contributed by atoms with van der Waals surface area (Å²) in [6, 6.07) is 7.10. The van der Waals surface area contributed by atoms with Gasteiger partial charge in [0, 0.05) is 20.6 Å². The molecule has 100 valence electrons. The molecule has 1 unspecified atom stereocenters. The molecule has 0 spiro atoms. The van der Waals surface area contributed by atoms with Gasteiger partial charge in [-0.3, -0.25) is 0 Å². The van der Waals surface area contributed by atoms with E-state index in [-0.39, 0.29) is 5.75 Å². The highest BCUT2D eigenvalue weighted by Crippen LogP contribution is 2.36. The molecule has 18 heavy (non-hydrogen) atoms. The second-order valence-corrected chi connectivity index (χ2v) is 6.94. The molecule has 0 radical (unpaired) electrons. The van der Waals surface area contributed by atoms with E-state index >= 15 is 0 Å². The molecule has 1 aromatic carbocycles. The fraction of sp³-hybridized carbons (Fsp3) is 0.500. The van der Waals surface area contributed by atoms with Crippen molar-refractivity contribution in [2.24, 2.45) is 5.73 Å². The lowest BCUT2D eigenvalue weighted by Gasteiger charge is -2.40. The number of nitrogens with one attached hydrogen (secondary N) is 1. The highest BCUT2D eigenvalue weighted by atomic mass is 32.2. The summed E-state index contributed by atoms with van der Waals surface area (Å²) in [4.78, 5) is 0.399. The molecule has 5 nitrogen and oxygen atoms in total. The van der Waals surface area contributed by atoms with Crippen molar-refractivity contribution in [2.45, 2.75) is 16.9 Å². The van der Waals surface area contributed by atoms with Crippen LogP contribution in [0.3, 0.4) is 0 Å². The van der Waals surface area contributed by atoms with Gasteiger partial charge in [0.1, 0.15) is 0 Å². The van der Waals surface area contributed by atoms with Crippen LogP contribution < -0.4 is 11.2 Å². The van der Waals surface area contributed by atoms with Crippen LogP contribution in [0.15, 0.2) is 29.2 Å². The first-order chi connectivity index (χ1) is 8.41. The molecular weight excluding hydrogens is 250 g/mol. The minimum absolute atomic E-state index is 0.127. The lowest BCUT2D eigenvalue weighted by Crippen LogP contribution is -2.56. The number of hydrazine groups is 1. The molecule has 0 aromatic heterocycles. The van der Waals surface area contributed by atoms with Gasteiger partial charge >= 0.3 is 0 Å². The number of sulfone groups is 1. The third kappa shape index (κ3) is 2.16. The zero-order chi connectivity index (χ0) is 13.4. The van der Waals surface area contributed by atoms with Gasteiger partial charge in [-0.05, 0) is 18.1 Å². The first-order valence-electron chi connectivity index (χ1n) is 5.89. The zero-order valence-electron chi connectivity index (χ0n) is 10.7. The molecule has 1 aliphatic heterocycles. The molecule has 0 saturated heterocycles. The molecule has 6 heteroatoms. The van der Waals surface area contributed by atoms with Gasteiger partial charge in [0.25, 0.3) is 0 Å². The maximum Gasteiger partial charge on any atom is 0.178 e. The fourth-order valence-corrected chi connectivity index (χ4v) is 4.21. The second-order valence-electron chi connectivity index (χ2n) is 4.86. The van der Waals surface area contributed by atoms with Crippen molar-refractivity contribution in [1.29, 1.82) is 0 Å². The predicted octanol–water partition coefficient (Wildman–Crippen LogP) is 0.0842. The van der Waals surface area contributed by atoms with Crippen molar-refractivity contribution in [3.8, 4) is 0 Å². The normalized spacial score (nSPS) is 26.0. The highest BCUT2D eigenvalue weighted by molar-refractivity contribution is 7.91.